The molecule has 0 unspecified atom stereocenters. The van der Waals surface area contributed by atoms with E-state index in [-0.39, 0.29) is 30.4 Å². The normalized spacial score (nSPS) is 14.8. The average Bonchev–Trinajstić information content (AvgIpc) is 3.35. The van der Waals surface area contributed by atoms with E-state index in [1.54, 1.807) is 24.3 Å². The third-order valence-electron chi connectivity index (χ3n) is 4.81. The van der Waals surface area contributed by atoms with Crippen molar-refractivity contribution in [1.29, 1.82) is 0 Å². The molecule has 3 amide bonds. The topological polar surface area (TPSA) is 133 Å². The summed E-state index contributed by atoms with van der Waals surface area (Å²) in [6, 6.07) is 7.68. The van der Waals surface area contributed by atoms with Gasteiger partial charge in [-0.3, -0.25) is 14.4 Å². The van der Waals surface area contributed by atoms with Crippen molar-refractivity contribution >= 4 is 41.3 Å². The van der Waals surface area contributed by atoms with E-state index in [1.807, 2.05) is 5.38 Å². The van der Waals surface area contributed by atoms with E-state index in [0.717, 1.165) is 9.89 Å². The Kier molecular flexibility index (Phi) is 7.27. The summed E-state index contributed by atoms with van der Waals surface area (Å²) in [6.07, 6.45) is 1.41. The van der Waals surface area contributed by atoms with Gasteiger partial charge in [0, 0.05) is 17.7 Å². The summed E-state index contributed by atoms with van der Waals surface area (Å²) in [5, 5.41) is 14.5. The summed E-state index contributed by atoms with van der Waals surface area (Å²) in [4.78, 5) is 61.1. The Morgan fingerprint density at radius 1 is 1.06 bits per heavy atom. The number of hydrogen-bond donors (Lipinski definition) is 3. The number of carbonyl (C=O) groups is 5. The monoisotopic (exact) mass is 443 g/mol. The maximum atomic E-state index is 12.9. The molecule has 0 saturated heterocycles. The van der Waals surface area contributed by atoms with Gasteiger partial charge in [0.2, 0.25) is 5.91 Å². The molecule has 1 aliphatic rings. The summed E-state index contributed by atoms with van der Waals surface area (Å²) in [7, 11) is 0. The summed E-state index contributed by atoms with van der Waals surface area (Å²) >= 11 is 1.39. The Labute approximate surface area is 182 Å². The van der Waals surface area contributed by atoms with Crippen molar-refractivity contribution in [3.05, 3.63) is 57.8 Å². The molecule has 1 aromatic carbocycles. The number of unbranched alkanes of at least 4 members (excludes halogenated alkanes) is 1. The van der Waals surface area contributed by atoms with Crippen LogP contribution in [0.1, 0.15) is 44.9 Å². The van der Waals surface area contributed by atoms with Gasteiger partial charge in [-0.25, -0.2) is 15.2 Å². The first-order chi connectivity index (χ1) is 14.9. The molecule has 0 radical (unpaired) electrons. The lowest BCUT2D eigenvalue weighted by Gasteiger charge is -2.25. The van der Waals surface area contributed by atoms with Crippen LogP contribution in [-0.4, -0.2) is 52.2 Å². The van der Waals surface area contributed by atoms with Crippen molar-refractivity contribution in [2.45, 2.75) is 37.8 Å². The third kappa shape index (κ3) is 5.22. The molecule has 3 N–H and O–H groups in total. The van der Waals surface area contributed by atoms with Gasteiger partial charge in [0.1, 0.15) is 18.4 Å². The first-order valence-electron chi connectivity index (χ1n) is 9.65. The van der Waals surface area contributed by atoms with Crippen molar-refractivity contribution in [1.82, 2.24) is 15.8 Å². The highest BCUT2D eigenvalue weighted by Crippen LogP contribution is 2.22. The summed E-state index contributed by atoms with van der Waals surface area (Å²) in [6.45, 7) is 0. The molecule has 0 saturated carbocycles. The van der Waals surface area contributed by atoms with Crippen LogP contribution in [0, 0.1) is 0 Å². The van der Waals surface area contributed by atoms with E-state index in [0.29, 0.717) is 12.7 Å². The highest BCUT2D eigenvalue weighted by atomic mass is 32.1. The zero-order chi connectivity index (χ0) is 22.4. The van der Waals surface area contributed by atoms with Crippen LogP contribution in [0.25, 0.3) is 0 Å². The zero-order valence-electron chi connectivity index (χ0n) is 16.4. The molecule has 0 bridgehead atoms. The fraction of sp³-hybridized carbons (Fsp3) is 0.286. The van der Waals surface area contributed by atoms with Crippen molar-refractivity contribution in [3.63, 3.8) is 0 Å². The number of fused-ring (bicyclic) bond motifs is 1. The summed E-state index contributed by atoms with van der Waals surface area (Å²) < 4.78 is 0. The molecular formula is C21H21N3O6S. The predicted octanol–water partition coefficient (Wildman–Crippen LogP) is 1.40. The molecule has 2 atom stereocenters. The Morgan fingerprint density at radius 3 is 2.29 bits per heavy atom. The van der Waals surface area contributed by atoms with Crippen LogP contribution in [0.2, 0.25) is 0 Å². The van der Waals surface area contributed by atoms with Gasteiger partial charge in [-0.15, -0.1) is 11.3 Å². The number of carbonyl (C=O) groups excluding carboxylic acids is 4. The summed E-state index contributed by atoms with van der Waals surface area (Å²) in [5.41, 5.74) is 3.15. The number of aldehydes is 1. The van der Waals surface area contributed by atoms with Crippen LogP contribution in [0.15, 0.2) is 41.8 Å². The number of aliphatic carboxylic acids is 1. The lowest BCUT2D eigenvalue weighted by atomic mass is 10.1. The van der Waals surface area contributed by atoms with E-state index in [9.17, 15) is 29.1 Å². The van der Waals surface area contributed by atoms with Crippen molar-refractivity contribution in [2.24, 2.45) is 0 Å². The molecule has 9 nitrogen and oxygen atoms in total. The van der Waals surface area contributed by atoms with E-state index >= 15 is 0 Å². The summed E-state index contributed by atoms with van der Waals surface area (Å²) in [5.74, 6) is -3.05. The molecule has 3 rings (SSSR count). The number of carboxylic acids is 1. The largest absolute Gasteiger partial charge is 0.480 e. The van der Waals surface area contributed by atoms with Gasteiger partial charge in [-0.2, -0.15) is 0 Å². The van der Waals surface area contributed by atoms with Crippen LogP contribution in [0.3, 0.4) is 0 Å². The molecule has 1 aliphatic heterocycles. The molecule has 0 aliphatic carbocycles. The molecule has 0 fully saturated rings. The van der Waals surface area contributed by atoms with Gasteiger partial charge in [-0.1, -0.05) is 18.2 Å². The average molecular weight is 443 g/mol. The second-order valence-corrected chi connectivity index (χ2v) is 7.99. The maximum absolute atomic E-state index is 12.9. The minimum absolute atomic E-state index is 0.0819. The number of imide groups is 1. The van der Waals surface area contributed by atoms with E-state index in [2.05, 4.69) is 10.7 Å². The molecule has 10 heteroatoms. The number of nitrogens with one attached hydrogen (secondary N) is 2. The smallest absolute Gasteiger partial charge is 0.326 e. The Bertz CT molecular complexity index is 956. The third-order valence-corrected chi connectivity index (χ3v) is 5.71. The van der Waals surface area contributed by atoms with Crippen molar-refractivity contribution < 1.29 is 29.1 Å². The fourth-order valence-corrected chi connectivity index (χ4v) is 3.98. The fourth-order valence-electron chi connectivity index (χ4n) is 3.22. The standard InChI is InChI=1S/C21H21N3O6S/c25-10-4-3-9-16(21(29)30)22-18(26)17(12-13-6-5-11-31-13)23-24-19(27)14-7-1-2-8-15(14)20(24)28/h1-2,5-8,10-11,16-17,23H,3-4,9,12H2,(H,22,26)(H,29,30)/t16-,17-/m0/s1. The van der Waals surface area contributed by atoms with Crippen molar-refractivity contribution in [2.75, 3.05) is 0 Å². The van der Waals surface area contributed by atoms with Gasteiger partial charge in [0.25, 0.3) is 11.8 Å². The number of nitrogens with zero attached hydrogens (tertiary/aromatic N) is 1. The van der Waals surface area contributed by atoms with Gasteiger partial charge in [0.15, 0.2) is 0 Å². The SMILES string of the molecule is O=CCCC[C@H](NC(=O)[C@H](Cc1cccs1)NN1C(=O)c2ccccc2C1=O)C(=O)O. The maximum Gasteiger partial charge on any atom is 0.326 e. The first-order valence-corrected chi connectivity index (χ1v) is 10.5. The Hall–Kier alpha value is -3.37. The molecule has 1 aromatic heterocycles. The highest BCUT2D eigenvalue weighted by Gasteiger charge is 2.38. The van der Waals surface area contributed by atoms with Crippen LogP contribution < -0.4 is 10.7 Å². The highest BCUT2D eigenvalue weighted by molar-refractivity contribution is 7.09. The van der Waals surface area contributed by atoms with Crippen LogP contribution >= 0.6 is 11.3 Å². The number of thiophene rings is 1. The Balaban J connectivity index is 1.77. The minimum atomic E-state index is -1.23. The van der Waals surface area contributed by atoms with Crippen LogP contribution in [0.5, 0.6) is 0 Å². The molecule has 162 valence electrons. The Morgan fingerprint density at radius 2 is 1.74 bits per heavy atom. The molecule has 31 heavy (non-hydrogen) atoms. The number of hydrazine groups is 1. The second-order valence-electron chi connectivity index (χ2n) is 6.95. The number of hydrogen-bond acceptors (Lipinski definition) is 7. The number of benzene rings is 1. The van der Waals surface area contributed by atoms with E-state index in [1.165, 1.54) is 23.5 Å². The molecule has 0 spiro atoms. The van der Waals surface area contributed by atoms with Gasteiger partial charge in [-0.05, 0) is 36.4 Å². The number of rotatable bonds is 11. The van der Waals surface area contributed by atoms with E-state index in [4.69, 9.17) is 0 Å². The van der Waals surface area contributed by atoms with Gasteiger partial charge >= 0.3 is 5.97 Å². The van der Waals surface area contributed by atoms with E-state index < -0.39 is 35.8 Å². The first kappa shape index (κ1) is 22.3. The van der Waals surface area contributed by atoms with Crippen molar-refractivity contribution in [3.8, 4) is 0 Å². The lowest BCUT2D eigenvalue weighted by molar-refractivity contribution is -0.142. The quantitative estimate of drug-likeness (QED) is 0.272. The molecule has 2 aromatic rings. The molecule has 2 heterocycles. The van der Waals surface area contributed by atoms with Gasteiger partial charge in [0.05, 0.1) is 11.1 Å². The van der Waals surface area contributed by atoms with Crippen LogP contribution in [-0.2, 0) is 20.8 Å². The number of carboxylic acid groups (broad SMARTS) is 1. The zero-order valence-corrected chi connectivity index (χ0v) is 17.3. The second kappa shape index (κ2) is 10.1. The number of amides is 3. The van der Waals surface area contributed by atoms with Gasteiger partial charge < -0.3 is 15.2 Å². The molecular weight excluding hydrogens is 422 g/mol. The minimum Gasteiger partial charge on any atom is -0.480 e. The predicted molar refractivity (Wildman–Crippen MR) is 111 cm³/mol. The van der Waals surface area contributed by atoms with Crippen LogP contribution in [0.4, 0.5) is 0 Å². The lowest BCUT2D eigenvalue weighted by Crippen LogP contribution is -2.57.